The first-order valence-electron chi connectivity index (χ1n) is 12.3. The number of benzene rings is 3. The van der Waals surface area contributed by atoms with Gasteiger partial charge in [0, 0.05) is 43.6 Å². The van der Waals surface area contributed by atoms with Gasteiger partial charge in [-0.05, 0) is 79.9 Å². The first-order chi connectivity index (χ1) is 17.4. The molecule has 1 amide bonds. The van der Waals surface area contributed by atoms with Crippen LogP contribution in [0.3, 0.4) is 0 Å². The van der Waals surface area contributed by atoms with Crippen molar-refractivity contribution in [2.75, 3.05) is 30.8 Å². The van der Waals surface area contributed by atoms with Crippen LogP contribution >= 0.6 is 0 Å². The van der Waals surface area contributed by atoms with Gasteiger partial charge in [0.2, 0.25) is 0 Å². The largest absolute Gasteiger partial charge is 0.497 e. The summed E-state index contributed by atoms with van der Waals surface area (Å²) < 4.78 is 33.9. The molecule has 3 aromatic carbocycles. The predicted molar refractivity (Wildman–Crippen MR) is 150 cm³/mol. The van der Waals surface area contributed by atoms with Crippen LogP contribution in [0.5, 0.6) is 5.75 Å². The molecule has 0 aromatic heterocycles. The first-order valence-corrected chi connectivity index (χ1v) is 13.8. The average molecular weight is 524 g/mol. The second-order valence-electron chi connectivity index (χ2n) is 9.81. The number of amides is 1. The third-order valence-corrected chi connectivity index (χ3v) is 7.90. The van der Waals surface area contributed by atoms with Gasteiger partial charge in [-0.15, -0.1) is 0 Å². The van der Waals surface area contributed by atoms with Crippen LogP contribution in [0.4, 0.5) is 11.4 Å². The minimum Gasteiger partial charge on any atom is -0.497 e. The van der Waals surface area contributed by atoms with Gasteiger partial charge in [-0.3, -0.25) is 9.52 Å². The highest BCUT2D eigenvalue weighted by Gasteiger charge is 2.26. The van der Waals surface area contributed by atoms with Crippen molar-refractivity contribution in [2.24, 2.45) is 5.92 Å². The van der Waals surface area contributed by atoms with Crippen molar-refractivity contribution in [1.29, 1.82) is 0 Å². The summed E-state index contributed by atoms with van der Waals surface area (Å²) in [5.41, 5.74) is 3.83. The highest BCUT2D eigenvalue weighted by molar-refractivity contribution is 7.92. The maximum absolute atomic E-state index is 13.7. The Kier molecular flexibility index (Phi) is 8.86. The number of carbonyl (C=O) groups is 1. The summed E-state index contributed by atoms with van der Waals surface area (Å²) in [4.78, 5) is 17.6. The summed E-state index contributed by atoms with van der Waals surface area (Å²) in [7, 11) is 1.58. The number of nitrogens with one attached hydrogen (secondary N) is 1. The van der Waals surface area contributed by atoms with Gasteiger partial charge >= 0.3 is 0 Å². The normalized spacial score (nSPS) is 12.2. The summed E-state index contributed by atoms with van der Waals surface area (Å²) in [6.45, 7) is 8.53. The lowest BCUT2D eigenvalue weighted by atomic mass is 10.0. The van der Waals surface area contributed by atoms with Crippen molar-refractivity contribution >= 4 is 27.3 Å². The Labute approximate surface area is 221 Å². The molecule has 0 radical (unpaired) electrons. The molecule has 0 aliphatic rings. The van der Waals surface area contributed by atoms with Crippen LogP contribution in [0.1, 0.15) is 42.3 Å². The minimum absolute atomic E-state index is 0.0392. The van der Waals surface area contributed by atoms with Crippen LogP contribution in [-0.4, -0.2) is 46.5 Å². The maximum Gasteiger partial charge on any atom is 0.261 e. The van der Waals surface area contributed by atoms with Crippen LogP contribution in [-0.2, 0) is 16.6 Å². The Morgan fingerprint density at radius 1 is 0.973 bits per heavy atom. The number of hydrogen-bond acceptors (Lipinski definition) is 5. The highest BCUT2D eigenvalue weighted by Crippen LogP contribution is 2.29. The third kappa shape index (κ3) is 6.83. The third-order valence-electron chi connectivity index (χ3n) is 6.51. The maximum atomic E-state index is 13.7. The first kappa shape index (κ1) is 28.1. The number of rotatable bonds is 10. The molecule has 0 aliphatic heterocycles. The number of nitrogens with zero attached hydrogens (tertiary/aromatic N) is 2. The number of carbonyl (C=O) groups excluding carboxylic acids is 1. The van der Waals surface area contributed by atoms with E-state index in [0.717, 1.165) is 16.8 Å². The van der Waals surface area contributed by atoms with Gasteiger partial charge in [-0.2, -0.15) is 0 Å². The Hall–Kier alpha value is -3.52. The zero-order chi connectivity index (χ0) is 27.3. The van der Waals surface area contributed by atoms with E-state index >= 15 is 0 Å². The van der Waals surface area contributed by atoms with Gasteiger partial charge in [-0.1, -0.05) is 31.5 Å². The molecule has 0 unspecified atom stereocenters. The monoisotopic (exact) mass is 523 g/mol. The van der Waals surface area contributed by atoms with E-state index < -0.39 is 10.0 Å². The zero-order valence-corrected chi connectivity index (χ0v) is 23.5. The van der Waals surface area contributed by atoms with Crippen molar-refractivity contribution in [3.63, 3.8) is 0 Å². The Balaban J connectivity index is 1.98. The highest BCUT2D eigenvalue weighted by atomic mass is 32.2. The number of methoxy groups -OCH3 is 1. The summed E-state index contributed by atoms with van der Waals surface area (Å²) in [5, 5.41) is 0. The minimum atomic E-state index is -3.81. The Morgan fingerprint density at radius 2 is 1.65 bits per heavy atom. The quantitative estimate of drug-likeness (QED) is 0.377. The van der Waals surface area contributed by atoms with Crippen molar-refractivity contribution in [2.45, 2.75) is 45.2 Å². The molecule has 0 fully saturated rings. The number of ether oxygens (including phenoxy) is 1. The second-order valence-corrected chi connectivity index (χ2v) is 11.5. The lowest BCUT2D eigenvalue weighted by Gasteiger charge is -2.33. The summed E-state index contributed by atoms with van der Waals surface area (Å²) in [5.74, 6) is 0.751. The Bertz CT molecular complexity index is 1340. The molecule has 3 rings (SSSR count). The van der Waals surface area contributed by atoms with Gasteiger partial charge in [0.25, 0.3) is 15.9 Å². The standard InChI is InChI=1S/C29H37N3O4S/c1-20(2)22(4)32(29(33)23-10-8-9-21(3)17-23)19-24-18-25(11-16-28(24)31(5)6)30-37(34,35)27-14-12-26(36-7)13-15-27/h8-18,20,22,30H,19H2,1-7H3/t22-/m1/s1. The van der Waals surface area contributed by atoms with Crippen LogP contribution in [0, 0.1) is 12.8 Å². The van der Waals surface area contributed by atoms with Crippen molar-refractivity contribution < 1.29 is 17.9 Å². The topological polar surface area (TPSA) is 79.0 Å². The molecule has 198 valence electrons. The second kappa shape index (κ2) is 11.7. The molecule has 1 atom stereocenters. The van der Waals surface area contributed by atoms with Gasteiger partial charge < -0.3 is 14.5 Å². The fourth-order valence-electron chi connectivity index (χ4n) is 4.07. The average Bonchev–Trinajstić information content (AvgIpc) is 2.86. The molecule has 0 bridgehead atoms. The zero-order valence-electron chi connectivity index (χ0n) is 22.6. The molecule has 0 spiro atoms. The fraction of sp³-hybridized carbons (Fsp3) is 0.345. The molecule has 3 aromatic rings. The Morgan fingerprint density at radius 3 is 2.22 bits per heavy atom. The van der Waals surface area contributed by atoms with E-state index in [1.165, 1.54) is 19.2 Å². The molecule has 7 nitrogen and oxygen atoms in total. The molecule has 37 heavy (non-hydrogen) atoms. The SMILES string of the molecule is COc1ccc(S(=O)(=O)Nc2ccc(N(C)C)c(CN(C(=O)c3cccc(C)c3)[C@H](C)C(C)C)c2)cc1. The van der Waals surface area contributed by atoms with Gasteiger partial charge in [0.1, 0.15) is 5.75 Å². The van der Waals surface area contributed by atoms with E-state index in [2.05, 4.69) is 18.6 Å². The van der Waals surface area contributed by atoms with E-state index in [-0.39, 0.29) is 22.8 Å². The van der Waals surface area contributed by atoms with E-state index in [9.17, 15) is 13.2 Å². The number of hydrogen-bond donors (Lipinski definition) is 1. The van der Waals surface area contributed by atoms with E-state index in [1.54, 1.807) is 24.3 Å². The van der Waals surface area contributed by atoms with E-state index in [0.29, 0.717) is 23.5 Å². The van der Waals surface area contributed by atoms with Crippen molar-refractivity contribution in [3.05, 3.63) is 83.4 Å². The van der Waals surface area contributed by atoms with Crippen LogP contribution in [0.2, 0.25) is 0 Å². The van der Waals surface area contributed by atoms with Crippen LogP contribution in [0.25, 0.3) is 0 Å². The van der Waals surface area contributed by atoms with Gasteiger partial charge in [-0.25, -0.2) is 8.42 Å². The van der Waals surface area contributed by atoms with Crippen LogP contribution in [0.15, 0.2) is 71.6 Å². The molecule has 0 saturated carbocycles. The molecule has 0 heterocycles. The molecule has 0 saturated heterocycles. The summed E-state index contributed by atoms with van der Waals surface area (Å²) in [6, 6.07) is 19.2. The van der Waals surface area contributed by atoms with Crippen molar-refractivity contribution in [1.82, 2.24) is 4.90 Å². The van der Waals surface area contributed by atoms with Gasteiger partial charge in [0.05, 0.1) is 12.0 Å². The molecular formula is C29H37N3O4S. The molecular weight excluding hydrogens is 486 g/mol. The summed E-state index contributed by atoms with van der Waals surface area (Å²) in [6.07, 6.45) is 0. The fourth-order valence-corrected chi connectivity index (χ4v) is 5.12. The lowest BCUT2D eigenvalue weighted by Crippen LogP contribution is -2.41. The lowest BCUT2D eigenvalue weighted by molar-refractivity contribution is 0.0628. The number of anilines is 2. The summed E-state index contributed by atoms with van der Waals surface area (Å²) >= 11 is 0. The smallest absolute Gasteiger partial charge is 0.261 e. The molecule has 8 heteroatoms. The van der Waals surface area contributed by atoms with E-state index in [4.69, 9.17) is 4.74 Å². The van der Waals surface area contributed by atoms with Crippen molar-refractivity contribution in [3.8, 4) is 5.75 Å². The number of sulfonamides is 1. The molecule has 0 aliphatic carbocycles. The number of aryl methyl sites for hydroxylation is 1. The van der Waals surface area contributed by atoms with Gasteiger partial charge in [0.15, 0.2) is 0 Å². The predicted octanol–water partition coefficient (Wildman–Crippen LogP) is 5.56. The molecule has 1 N–H and O–H groups in total. The van der Waals surface area contributed by atoms with E-state index in [1.807, 2.05) is 68.1 Å². The van der Waals surface area contributed by atoms with Crippen LogP contribution < -0.4 is 14.4 Å².